The second-order valence-electron chi connectivity index (χ2n) is 15.6. The molecular formula is C54H31N5O. The first-order valence-electron chi connectivity index (χ1n) is 20.1. The Kier molecular flexibility index (Phi) is 6.62. The van der Waals surface area contributed by atoms with Gasteiger partial charge in [-0.05, 0) is 83.7 Å². The second kappa shape index (κ2) is 12.1. The fourth-order valence-corrected chi connectivity index (χ4v) is 10.2. The van der Waals surface area contributed by atoms with Crippen molar-refractivity contribution in [3.05, 3.63) is 222 Å². The molecule has 0 unspecified atom stereocenters. The van der Waals surface area contributed by atoms with E-state index in [2.05, 4.69) is 166 Å². The smallest absolute Gasteiger partial charge is 0.188 e. The van der Waals surface area contributed by atoms with E-state index < -0.39 is 5.41 Å². The van der Waals surface area contributed by atoms with Crippen LogP contribution in [-0.4, -0.2) is 19.1 Å². The lowest BCUT2D eigenvalue weighted by Gasteiger charge is -2.39. The van der Waals surface area contributed by atoms with Crippen molar-refractivity contribution >= 4 is 49.3 Å². The lowest BCUT2D eigenvalue weighted by molar-refractivity contribution is 0.436. The highest BCUT2D eigenvalue weighted by atomic mass is 16.5. The van der Waals surface area contributed by atoms with E-state index in [0.29, 0.717) is 5.69 Å². The van der Waals surface area contributed by atoms with Crippen LogP contribution in [-0.2, 0) is 5.41 Å². The summed E-state index contributed by atoms with van der Waals surface area (Å²) in [5, 5.41) is 4.52. The van der Waals surface area contributed by atoms with E-state index in [1.165, 1.54) is 16.3 Å². The van der Waals surface area contributed by atoms with Crippen LogP contribution in [0.4, 0.5) is 5.69 Å². The summed E-state index contributed by atoms with van der Waals surface area (Å²) in [7, 11) is 0. The van der Waals surface area contributed by atoms with Gasteiger partial charge in [-0.25, -0.2) is 4.85 Å². The molecule has 0 N–H and O–H groups in total. The van der Waals surface area contributed by atoms with Crippen molar-refractivity contribution in [1.82, 2.24) is 19.1 Å². The van der Waals surface area contributed by atoms with Gasteiger partial charge in [0.15, 0.2) is 5.69 Å². The van der Waals surface area contributed by atoms with Gasteiger partial charge in [-0.3, -0.25) is 9.97 Å². The average Bonchev–Trinajstić information content (AvgIpc) is 3.92. The third kappa shape index (κ3) is 4.30. The van der Waals surface area contributed by atoms with E-state index in [1.54, 1.807) is 0 Å². The molecule has 0 saturated carbocycles. The predicted molar refractivity (Wildman–Crippen MR) is 240 cm³/mol. The normalized spacial score (nSPS) is 13.2. The maximum atomic E-state index is 7.74. The highest BCUT2D eigenvalue weighted by Crippen LogP contribution is 2.62. The van der Waals surface area contributed by atoms with E-state index in [4.69, 9.17) is 21.3 Å². The molecule has 0 atom stereocenters. The summed E-state index contributed by atoms with van der Waals surface area (Å²) in [5.74, 6) is 1.62. The molecule has 1 spiro atoms. The Bertz CT molecular complexity index is 3620. The number of nitrogens with zero attached hydrogens (tertiary/aromatic N) is 5. The zero-order chi connectivity index (χ0) is 39.5. The van der Waals surface area contributed by atoms with Gasteiger partial charge in [0.05, 0.1) is 57.3 Å². The van der Waals surface area contributed by atoms with Crippen LogP contribution >= 0.6 is 0 Å². The van der Waals surface area contributed by atoms with Gasteiger partial charge < -0.3 is 13.9 Å². The van der Waals surface area contributed by atoms with Gasteiger partial charge >= 0.3 is 0 Å². The SMILES string of the molecule is [C-]#[N+]c1ccc2c(c1)c1ccccc1n2-c1cnc2c(c1)C1(c3ccccc3Oc3ccccc31)c1cc(-c3ccc4c(c3)c3ccccc3n4-c3ccccc3)cnc1-2. The summed E-state index contributed by atoms with van der Waals surface area (Å²) in [5.41, 5.74) is 14.3. The van der Waals surface area contributed by atoms with Crippen LogP contribution < -0.4 is 4.74 Å². The predicted octanol–water partition coefficient (Wildman–Crippen LogP) is 13.4. The van der Waals surface area contributed by atoms with Gasteiger partial charge in [0.1, 0.15) is 11.5 Å². The molecule has 0 saturated heterocycles. The standard InChI is InChI=1S/C54H31N5O/c1-55-35-24-26-49-41(29-35)39-16-6-10-20-47(39)59(49)37-30-45-53(57-32-37)52-44(54(45)42-17-7-11-21-50(42)60-51-22-12-8-18-43(51)54)28-34(31-56-52)33-23-25-48-40(27-33)38-15-5-9-19-46(38)58(48)36-13-3-2-4-14-36/h2-32H. The third-order valence-corrected chi connectivity index (χ3v) is 12.7. The number of hydrogen-bond acceptors (Lipinski definition) is 3. The first-order valence-corrected chi connectivity index (χ1v) is 20.1. The maximum absolute atomic E-state index is 7.74. The highest BCUT2D eigenvalue weighted by molar-refractivity contribution is 6.11. The number of ether oxygens (including phenoxy) is 1. The summed E-state index contributed by atoms with van der Waals surface area (Å²) < 4.78 is 11.3. The van der Waals surface area contributed by atoms with Crippen molar-refractivity contribution in [2.24, 2.45) is 0 Å². The van der Waals surface area contributed by atoms with E-state index in [1.807, 2.05) is 36.7 Å². The molecule has 0 fully saturated rings. The summed E-state index contributed by atoms with van der Waals surface area (Å²) in [6.07, 6.45) is 3.98. The molecule has 6 nitrogen and oxygen atoms in total. The molecule has 13 rings (SSSR count). The molecule has 5 heterocycles. The van der Waals surface area contributed by atoms with Gasteiger partial charge in [0.2, 0.25) is 0 Å². The van der Waals surface area contributed by atoms with Crippen LogP contribution in [0.2, 0.25) is 0 Å². The Morgan fingerprint density at radius 2 is 0.983 bits per heavy atom. The molecular weight excluding hydrogens is 735 g/mol. The maximum Gasteiger partial charge on any atom is 0.188 e. The third-order valence-electron chi connectivity index (χ3n) is 12.7. The van der Waals surface area contributed by atoms with Gasteiger partial charge in [-0.15, -0.1) is 0 Å². The molecule has 7 aromatic carbocycles. The molecule has 278 valence electrons. The topological polar surface area (TPSA) is 49.2 Å². The van der Waals surface area contributed by atoms with Crippen molar-refractivity contribution < 1.29 is 4.74 Å². The number of fused-ring (bicyclic) bond motifs is 15. The number of pyridine rings is 2. The molecule has 4 aromatic heterocycles. The minimum atomic E-state index is -0.786. The molecule has 11 aromatic rings. The summed E-state index contributed by atoms with van der Waals surface area (Å²) >= 11 is 0. The van der Waals surface area contributed by atoms with Crippen LogP contribution in [0.1, 0.15) is 22.3 Å². The summed E-state index contributed by atoms with van der Waals surface area (Å²) in [6, 6.07) is 61.8. The molecule has 0 radical (unpaired) electrons. The molecule has 0 bridgehead atoms. The molecule has 0 amide bonds. The minimum absolute atomic E-state index is 0.616. The summed E-state index contributed by atoms with van der Waals surface area (Å²) in [4.78, 5) is 14.4. The Balaban J connectivity index is 1.08. The largest absolute Gasteiger partial charge is 0.457 e. The monoisotopic (exact) mass is 765 g/mol. The number of benzene rings is 7. The number of rotatable bonds is 3. The zero-order valence-electron chi connectivity index (χ0n) is 32.0. The van der Waals surface area contributed by atoms with E-state index in [-0.39, 0.29) is 0 Å². The number of hydrogen-bond donors (Lipinski definition) is 0. The first kappa shape index (κ1) is 32.8. The van der Waals surface area contributed by atoms with E-state index >= 15 is 0 Å². The number of para-hydroxylation sites is 5. The highest BCUT2D eigenvalue weighted by Gasteiger charge is 2.52. The molecule has 60 heavy (non-hydrogen) atoms. The lowest BCUT2D eigenvalue weighted by Crippen LogP contribution is -2.32. The van der Waals surface area contributed by atoms with Crippen molar-refractivity contribution in [3.8, 4) is 45.4 Å². The number of aromatic nitrogens is 4. The Morgan fingerprint density at radius 3 is 1.68 bits per heavy atom. The van der Waals surface area contributed by atoms with Crippen LogP contribution in [0, 0.1) is 6.57 Å². The molecule has 1 aliphatic carbocycles. The molecule has 2 aliphatic rings. The van der Waals surface area contributed by atoms with Crippen molar-refractivity contribution in [2.75, 3.05) is 0 Å². The van der Waals surface area contributed by atoms with E-state index in [9.17, 15) is 0 Å². The van der Waals surface area contributed by atoms with Crippen molar-refractivity contribution in [2.45, 2.75) is 5.41 Å². The Hall–Kier alpha value is -8.27. The zero-order valence-corrected chi connectivity index (χ0v) is 32.0. The molecule has 6 heteroatoms. The van der Waals surface area contributed by atoms with Crippen LogP contribution in [0.3, 0.4) is 0 Å². The van der Waals surface area contributed by atoms with Gasteiger partial charge in [-0.1, -0.05) is 103 Å². The van der Waals surface area contributed by atoms with Crippen LogP contribution in [0.25, 0.3) is 82.3 Å². The average molecular weight is 766 g/mol. The van der Waals surface area contributed by atoms with Gasteiger partial charge in [-0.2, -0.15) is 0 Å². The molecule has 1 aliphatic heterocycles. The lowest BCUT2D eigenvalue weighted by atomic mass is 9.66. The van der Waals surface area contributed by atoms with Crippen LogP contribution in [0.15, 0.2) is 188 Å². The fourth-order valence-electron chi connectivity index (χ4n) is 10.2. The van der Waals surface area contributed by atoms with Crippen molar-refractivity contribution in [3.63, 3.8) is 0 Å². The first-order chi connectivity index (χ1) is 29.7. The van der Waals surface area contributed by atoms with E-state index in [0.717, 1.165) is 95.0 Å². The summed E-state index contributed by atoms with van der Waals surface area (Å²) in [6.45, 7) is 7.74. The van der Waals surface area contributed by atoms with Gasteiger partial charge in [0.25, 0.3) is 0 Å². The van der Waals surface area contributed by atoms with Crippen LogP contribution in [0.5, 0.6) is 11.5 Å². The Morgan fingerprint density at radius 1 is 0.433 bits per heavy atom. The minimum Gasteiger partial charge on any atom is -0.457 e. The quantitative estimate of drug-likeness (QED) is 0.168. The van der Waals surface area contributed by atoms with Crippen molar-refractivity contribution in [1.29, 1.82) is 0 Å². The second-order valence-corrected chi connectivity index (χ2v) is 15.6. The van der Waals surface area contributed by atoms with Gasteiger partial charge in [0, 0.05) is 55.9 Å². The fraction of sp³-hybridized carbons (Fsp3) is 0.0185. The Labute approximate surface area is 344 Å².